The Bertz CT molecular complexity index is 348. The van der Waals surface area contributed by atoms with Crippen LogP contribution in [0.25, 0.3) is 0 Å². The predicted molar refractivity (Wildman–Crippen MR) is 63.3 cm³/mol. The largest absolute Gasteiger partial charge is 0.477 e. The Labute approximate surface area is 96.2 Å². The molecular formula is C12H19N3O. The first-order valence-corrected chi connectivity index (χ1v) is 5.97. The third-order valence-electron chi connectivity index (χ3n) is 3.26. The molecule has 1 aromatic heterocycles. The lowest BCUT2D eigenvalue weighted by Crippen LogP contribution is -2.16. The molecule has 1 aliphatic carbocycles. The highest BCUT2D eigenvalue weighted by Gasteiger charge is 2.15. The van der Waals surface area contributed by atoms with Gasteiger partial charge in [-0.05, 0) is 25.7 Å². The zero-order chi connectivity index (χ0) is 11.4. The monoisotopic (exact) mass is 221 g/mol. The third kappa shape index (κ3) is 2.62. The highest BCUT2D eigenvalue weighted by atomic mass is 16.5. The first kappa shape index (κ1) is 11.2. The molecule has 0 aliphatic heterocycles. The molecule has 1 aromatic rings. The van der Waals surface area contributed by atoms with E-state index in [1.165, 1.54) is 38.4 Å². The summed E-state index contributed by atoms with van der Waals surface area (Å²) in [6.45, 7) is 2.66. The molecule has 0 aromatic carbocycles. The van der Waals surface area contributed by atoms with E-state index in [2.05, 4.69) is 9.97 Å². The Hall–Kier alpha value is -1.32. The second-order valence-electron chi connectivity index (χ2n) is 4.50. The quantitative estimate of drug-likeness (QED) is 0.851. The lowest BCUT2D eigenvalue weighted by atomic mass is 9.90. The van der Waals surface area contributed by atoms with Crippen LogP contribution in [0, 0.1) is 12.8 Å². The zero-order valence-electron chi connectivity index (χ0n) is 9.78. The fourth-order valence-electron chi connectivity index (χ4n) is 2.14. The number of aromatic nitrogens is 2. The van der Waals surface area contributed by atoms with Crippen molar-refractivity contribution in [2.75, 3.05) is 12.3 Å². The SMILES string of the molecule is Cc1c(N)ncnc1OCC1CCCCC1. The maximum absolute atomic E-state index is 5.73. The van der Waals surface area contributed by atoms with Crippen molar-refractivity contribution in [3.8, 4) is 5.88 Å². The second kappa shape index (κ2) is 5.14. The summed E-state index contributed by atoms with van der Waals surface area (Å²) in [5.74, 6) is 1.83. The molecule has 1 aliphatic rings. The molecule has 0 radical (unpaired) electrons. The normalized spacial score (nSPS) is 17.3. The number of hydrogen-bond donors (Lipinski definition) is 1. The summed E-state index contributed by atoms with van der Waals surface area (Å²) >= 11 is 0. The fourth-order valence-corrected chi connectivity index (χ4v) is 2.14. The number of rotatable bonds is 3. The molecule has 16 heavy (non-hydrogen) atoms. The topological polar surface area (TPSA) is 61.0 Å². The lowest BCUT2D eigenvalue weighted by Gasteiger charge is -2.21. The van der Waals surface area contributed by atoms with Crippen LogP contribution in [-0.2, 0) is 0 Å². The molecule has 4 heteroatoms. The summed E-state index contributed by atoms with van der Waals surface area (Å²) in [7, 11) is 0. The Morgan fingerprint density at radius 3 is 2.81 bits per heavy atom. The number of nitrogen functional groups attached to an aromatic ring is 1. The van der Waals surface area contributed by atoms with E-state index in [4.69, 9.17) is 10.5 Å². The fraction of sp³-hybridized carbons (Fsp3) is 0.667. The van der Waals surface area contributed by atoms with Crippen LogP contribution < -0.4 is 10.5 Å². The smallest absolute Gasteiger partial charge is 0.221 e. The molecule has 0 saturated heterocycles. The van der Waals surface area contributed by atoms with Crippen molar-refractivity contribution in [3.05, 3.63) is 11.9 Å². The van der Waals surface area contributed by atoms with Crippen LogP contribution in [0.5, 0.6) is 5.88 Å². The average Bonchev–Trinajstić information content (AvgIpc) is 2.32. The van der Waals surface area contributed by atoms with Gasteiger partial charge in [-0.2, -0.15) is 0 Å². The van der Waals surface area contributed by atoms with Crippen LogP contribution in [0.15, 0.2) is 6.33 Å². The number of ether oxygens (including phenoxy) is 1. The lowest BCUT2D eigenvalue weighted by molar-refractivity contribution is 0.201. The third-order valence-corrected chi connectivity index (χ3v) is 3.26. The van der Waals surface area contributed by atoms with E-state index >= 15 is 0 Å². The van der Waals surface area contributed by atoms with Crippen molar-refractivity contribution in [3.63, 3.8) is 0 Å². The molecule has 2 N–H and O–H groups in total. The van der Waals surface area contributed by atoms with Gasteiger partial charge in [-0.25, -0.2) is 9.97 Å². The van der Waals surface area contributed by atoms with Gasteiger partial charge in [-0.15, -0.1) is 0 Å². The van der Waals surface area contributed by atoms with Crippen molar-refractivity contribution >= 4 is 5.82 Å². The van der Waals surface area contributed by atoms with Gasteiger partial charge in [-0.3, -0.25) is 0 Å². The molecule has 2 rings (SSSR count). The summed E-state index contributed by atoms with van der Waals surface area (Å²) < 4.78 is 5.73. The standard InChI is InChI=1S/C12H19N3O/c1-9-11(13)14-8-15-12(9)16-7-10-5-3-2-4-6-10/h8,10H,2-7H2,1H3,(H2,13,14,15). The maximum Gasteiger partial charge on any atom is 0.221 e. The van der Waals surface area contributed by atoms with E-state index in [1.807, 2.05) is 6.92 Å². The Balaban J connectivity index is 1.91. The van der Waals surface area contributed by atoms with Crippen molar-refractivity contribution in [2.24, 2.45) is 5.92 Å². The molecule has 0 unspecified atom stereocenters. The van der Waals surface area contributed by atoms with Gasteiger partial charge >= 0.3 is 0 Å². The second-order valence-corrected chi connectivity index (χ2v) is 4.50. The Morgan fingerprint density at radius 2 is 2.06 bits per heavy atom. The molecule has 0 bridgehead atoms. The zero-order valence-corrected chi connectivity index (χ0v) is 9.78. The van der Waals surface area contributed by atoms with Crippen LogP contribution in [0.1, 0.15) is 37.7 Å². The van der Waals surface area contributed by atoms with Gasteiger partial charge < -0.3 is 10.5 Å². The van der Waals surface area contributed by atoms with Gasteiger partial charge in [0, 0.05) is 0 Å². The minimum atomic E-state index is 0.508. The first-order chi connectivity index (χ1) is 7.77. The molecule has 1 saturated carbocycles. The van der Waals surface area contributed by atoms with Gasteiger partial charge in [0.1, 0.15) is 12.1 Å². The summed E-state index contributed by atoms with van der Waals surface area (Å²) in [4.78, 5) is 8.03. The van der Waals surface area contributed by atoms with Crippen molar-refractivity contribution in [1.29, 1.82) is 0 Å². The molecule has 1 heterocycles. The first-order valence-electron chi connectivity index (χ1n) is 5.97. The Morgan fingerprint density at radius 1 is 1.31 bits per heavy atom. The van der Waals surface area contributed by atoms with Gasteiger partial charge in [-0.1, -0.05) is 19.3 Å². The minimum absolute atomic E-state index is 0.508. The van der Waals surface area contributed by atoms with Gasteiger partial charge in [0.15, 0.2) is 0 Å². The van der Waals surface area contributed by atoms with Crippen LogP contribution in [0.2, 0.25) is 0 Å². The highest BCUT2D eigenvalue weighted by molar-refractivity contribution is 5.43. The van der Waals surface area contributed by atoms with Gasteiger partial charge in [0.25, 0.3) is 0 Å². The van der Waals surface area contributed by atoms with Crippen LogP contribution in [0.3, 0.4) is 0 Å². The van der Waals surface area contributed by atoms with Crippen LogP contribution in [0.4, 0.5) is 5.82 Å². The van der Waals surface area contributed by atoms with E-state index in [0.29, 0.717) is 17.6 Å². The van der Waals surface area contributed by atoms with Gasteiger partial charge in [0.2, 0.25) is 5.88 Å². The van der Waals surface area contributed by atoms with E-state index < -0.39 is 0 Å². The molecule has 0 amide bonds. The van der Waals surface area contributed by atoms with Gasteiger partial charge in [0.05, 0.1) is 12.2 Å². The molecule has 0 atom stereocenters. The molecule has 88 valence electrons. The molecular weight excluding hydrogens is 202 g/mol. The summed E-state index contributed by atoms with van der Waals surface area (Å²) in [5.41, 5.74) is 6.54. The summed E-state index contributed by atoms with van der Waals surface area (Å²) in [5, 5.41) is 0. The van der Waals surface area contributed by atoms with Crippen LogP contribution >= 0.6 is 0 Å². The molecule has 0 spiro atoms. The number of anilines is 1. The van der Waals surface area contributed by atoms with E-state index in [0.717, 1.165) is 12.2 Å². The minimum Gasteiger partial charge on any atom is -0.477 e. The highest BCUT2D eigenvalue weighted by Crippen LogP contribution is 2.25. The maximum atomic E-state index is 5.73. The number of nitrogens with two attached hydrogens (primary N) is 1. The summed E-state index contributed by atoms with van der Waals surface area (Å²) in [6, 6.07) is 0. The summed E-state index contributed by atoms with van der Waals surface area (Å²) in [6.07, 6.45) is 8.05. The van der Waals surface area contributed by atoms with Crippen molar-refractivity contribution in [2.45, 2.75) is 39.0 Å². The van der Waals surface area contributed by atoms with Crippen molar-refractivity contribution < 1.29 is 4.74 Å². The van der Waals surface area contributed by atoms with Crippen LogP contribution in [-0.4, -0.2) is 16.6 Å². The van der Waals surface area contributed by atoms with E-state index in [9.17, 15) is 0 Å². The molecule has 4 nitrogen and oxygen atoms in total. The Kier molecular flexibility index (Phi) is 3.59. The van der Waals surface area contributed by atoms with E-state index in [-0.39, 0.29) is 0 Å². The number of nitrogens with zero attached hydrogens (tertiary/aromatic N) is 2. The van der Waals surface area contributed by atoms with E-state index in [1.54, 1.807) is 0 Å². The average molecular weight is 221 g/mol. The van der Waals surface area contributed by atoms with Crippen molar-refractivity contribution in [1.82, 2.24) is 9.97 Å². The number of hydrogen-bond acceptors (Lipinski definition) is 4. The predicted octanol–water partition coefficient (Wildman–Crippen LogP) is 2.33. The molecule has 1 fully saturated rings.